The minimum absolute atomic E-state index is 0.608. The average molecular weight is 336 g/mol. The van der Waals surface area contributed by atoms with Gasteiger partial charge in [0.2, 0.25) is 5.88 Å². The van der Waals surface area contributed by atoms with Crippen molar-refractivity contribution in [3.63, 3.8) is 0 Å². The molecule has 1 heterocycles. The van der Waals surface area contributed by atoms with Gasteiger partial charge in [0.25, 0.3) is 0 Å². The van der Waals surface area contributed by atoms with Gasteiger partial charge in [-0.1, -0.05) is 42.5 Å². The second-order valence-electron chi connectivity index (χ2n) is 5.15. The third-order valence-corrected chi connectivity index (χ3v) is 3.37. The van der Waals surface area contributed by atoms with Crippen molar-refractivity contribution in [3.8, 4) is 0 Å². The predicted octanol–water partition coefficient (Wildman–Crippen LogP) is 5.11. The van der Waals surface area contributed by atoms with Crippen LogP contribution >= 0.6 is 0 Å². The van der Waals surface area contributed by atoms with Gasteiger partial charge >= 0.3 is 0 Å². The largest absolute Gasteiger partial charge is 0.437 e. The van der Waals surface area contributed by atoms with Crippen LogP contribution in [0.2, 0.25) is 0 Å². The first kappa shape index (κ1) is 20.4. The summed E-state index contributed by atoms with van der Waals surface area (Å²) in [6.45, 7) is 11.8. The summed E-state index contributed by atoms with van der Waals surface area (Å²) in [6, 6.07) is 0. The number of aliphatic imine (C=N–C) groups is 2. The molecule has 0 fully saturated rings. The van der Waals surface area contributed by atoms with Crippen LogP contribution in [0.1, 0.15) is 47.1 Å². The number of furan rings is 1. The van der Waals surface area contributed by atoms with Crippen LogP contribution in [-0.4, -0.2) is 11.9 Å². The summed E-state index contributed by atoms with van der Waals surface area (Å²) in [5.41, 5.74) is 3.52. The van der Waals surface area contributed by atoms with E-state index in [9.17, 15) is 0 Å². The SMILES string of the molecule is CC=Nc1oc(=C(\C=C/C)C(/C=C\C)=N/C=C\C)/c(=C\C)c1/C=C\C. The summed E-state index contributed by atoms with van der Waals surface area (Å²) in [6.07, 6.45) is 19.5. The van der Waals surface area contributed by atoms with Crippen LogP contribution in [-0.2, 0) is 0 Å². The zero-order chi connectivity index (χ0) is 18.7. The molecule has 3 nitrogen and oxygen atoms in total. The van der Waals surface area contributed by atoms with Crippen LogP contribution in [0.25, 0.3) is 17.7 Å². The van der Waals surface area contributed by atoms with E-state index in [0.717, 1.165) is 27.5 Å². The maximum atomic E-state index is 6.14. The quantitative estimate of drug-likeness (QED) is 0.665. The molecule has 0 radical (unpaired) electrons. The second-order valence-corrected chi connectivity index (χ2v) is 5.15. The zero-order valence-corrected chi connectivity index (χ0v) is 16.1. The molecule has 25 heavy (non-hydrogen) atoms. The number of hydrogen-bond donors (Lipinski definition) is 0. The summed E-state index contributed by atoms with van der Waals surface area (Å²) >= 11 is 0. The molecule has 3 heteroatoms. The first-order valence-electron chi connectivity index (χ1n) is 8.57. The van der Waals surface area contributed by atoms with E-state index in [1.165, 1.54) is 0 Å². The van der Waals surface area contributed by atoms with Gasteiger partial charge in [-0.25, -0.2) is 4.99 Å². The maximum absolute atomic E-state index is 6.14. The summed E-state index contributed by atoms with van der Waals surface area (Å²) in [7, 11) is 0. The highest BCUT2D eigenvalue weighted by Crippen LogP contribution is 2.16. The van der Waals surface area contributed by atoms with Gasteiger partial charge in [0.15, 0.2) is 0 Å². The fourth-order valence-corrected chi connectivity index (χ4v) is 2.43. The van der Waals surface area contributed by atoms with Gasteiger partial charge in [-0.3, -0.25) is 4.99 Å². The molecule has 0 atom stereocenters. The summed E-state index contributed by atoms with van der Waals surface area (Å²) in [5.74, 6) is 0.608. The van der Waals surface area contributed by atoms with E-state index in [2.05, 4.69) is 16.1 Å². The Bertz CT molecular complexity index is 857. The first-order valence-corrected chi connectivity index (χ1v) is 8.57. The Labute approximate surface area is 150 Å². The molecule has 0 bridgehead atoms. The smallest absolute Gasteiger partial charge is 0.226 e. The lowest BCUT2D eigenvalue weighted by atomic mass is 10.1. The lowest BCUT2D eigenvalue weighted by molar-refractivity contribution is 0.540. The van der Waals surface area contributed by atoms with Crippen LogP contribution in [0.3, 0.4) is 0 Å². The molecule has 0 saturated heterocycles. The molecule has 0 aliphatic rings. The summed E-state index contributed by atoms with van der Waals surface area (Å²) in [5, 5.41) is 1.02. The van der Waals surface area contributed by atoms with Crippen molar-refractivity contribution in [3.05, 3.63) is 58.9 Å². The molecular formula is C22H28N2O. The topological polar surface area (TPSA) is 37.9 Å². The Morgan fingerprint density at radius 2 is 1.60 bits per heavy atom. The van der Waals surface area contributed by atoms with E-state index in [1.54, 1.807) is 12.4 Å². The Morgan fingerprint density at radius 3 is 2.12 bits per heavy atom. The standard InChI is InChI=1S/C22H28N2O/c1-7-13-18-17(11-5)21(25-22(18)23-12-6)19(14-8-2)20(15-9-3)24-16-10-4/h7-16H,1-6H3/b13-7-,14-8-,15-9-,16-10-,17-11-,21-19+,23-12?,24-20+. The van der Waals surface area contributed by atoms with Crippen molar-refractivity contribution in [2.75, 3.05) is 0 Å². The van der Waals surface area contributed by atoms with Crippen molar-refractivity contribution in [2.24, 2.45) is 9.98 Å². The normalized spacial score (nSPS) is 15.9. The highest BCUT2D eigenvalue weighted by atomic mass is 16.3. The van der Waals surface area contributed by atoms with E-state index in [-0.39, 0.29) is 0 Å². The highest BCUT2D eigenvalue weighted by molar-refractivity contribution is 6.27. The fraction of sp³-hybridized carbons (Fsp3) is 0.273. The van der Waals surface area contributed by atoms with Crippen LogP contribution in [0, 0.1) is 0 Å². The molecular weight excluding hydrogens is 308 g/mol. The molecule has 0 aliphatic carbocycles. The molecule has 0 unspecified atom stereocenters. The number of rotatable bonds is 6. The monoisotopic (exact) mass is 336 g/mol. The predicted molar refractivity (Wildman–Crippen MR) is 112 cm³/mol. The summed E-state index contributed by atoms with van der Waals surface area (Å²) < 4.78 is 6.14. The Balaban J connectivity index is 4.06. The van der Waals surface area contributed by atoms with Crippen LogP contribution in [0.5, 0.6) is 0 Å². The second kappa shape index (κ2) is 11.0. The van der Waals surface area contributed by atoms with Crippen molar-refractivity contribution in [2.45, 2.75) is 41.5 Å². The van der Waals surface area contributed by atoms with Gasteiger partial charge < -0.3 is 4.42 Å². The number of allylic oxidation sites excluding steroid dienone is 6. The molecule has 0 saturated carbocycles. The van der Waals surface area contributed by atoms with Crippen molar-refractivity contribution in [1.29, 1.82) is 0 Å². The van der Waals surface area contributed by atoms with Gasteiger partial charge in [0.05, 0.1) is 5.71 Å². The van der Waals surface area contributed by atoms with Gasteiger partial charge in [-0.05, 0) is 47.6 Å². The maximum Gasteiger partial charge on any atom is 0.226 e. The molecule has 0 aliphatic heterocycles. The van der Waals surface area contributed by atoms with Crippen molar-refractivity contribution < 1.29 is 4.42 Å². The van der Waals surface area contributed by atoms with Crippen LogP contribution < -0.4 is 10.6 Å². The van der Waals surface area contributed by atoms with Gasteiger partial charge in [-0.2, -0.15) is 0 Å². The molecule has 0 amide bonds. The molecule has 1 aromatic heterocycles. The molecule has 0 spiro atoms. The average Bonchev–Trinajstić information content (AvgIpc) is 2.94. The minimum Gasteiger partial charge on any atom is -0.437 e. The highest BCUT2D eigenvalue weighted by Gasteiger charge is 2.12. The van der Waals surface area contributed by atoms with E-state index < -0.39 is 0 Å². The Kier molecular flexibility index (Phi) is 8.94. The fourth-order valence-electron chi connectivity index (χ4n) is 2.43. The van der Waals surface area contributed by atoms with Gasteiger partial charge in [0, 0.05) is 28.8 Å². The third-order valence-electron chi connectivity index (χ3n) is 3.37. The zero-order valence-electron chi connectivity index (χ0n) is 16.1. The minimum atomic E-state index is 0.608. The molecule has 1 aromatic rings. The van der Waals surface area contributed by atoms with E-state index in [0.29, 0.717) is 5.88 Å². The lowest BCUT2D eigenvalue weighted by Crippen LogP contribution is -2.26. The van der Waals surface area contributed by atoms with E-state index >= 15 is 0 Å². The van der Waals surface area contributed by atoms with Crippen LogP contribution in [0.4, 0.5) is 5.88 Å². The Hall–Kier alpha value is -2.68. The Morgan fingerprint density at radius 1 is 0.880 bits per heavy atom. The van der Waals surface area contributed by atoms with E-state index in [1.807, 2.05) is 84.1 Å². The molecule has 1 rings (SSSR count). The van der Waals surface area contributed by atoms with Gasteiger partial charge in [0.1, 0.15) is 5.42 Å². The number of nitrogens with zero attached hydrogens (tertiary/aromatic N) is 2. The van der Waals surface area contributed by atoms with Crippen LogP contribution in [0.15, 0.2) is 57.1 Å². The molecule has 132 valence electrons. The van der Waals surface area contributed by atoms with Crippen molar-refractivity contribution >= 4 is 35.5 Å². The summed E-state index contributed by atoms with van der Waals surface area (Å²) in [4.78, 5) is 8.96. The molecule has 0 N–H and O–H groups in total. The van der Waals surface area contributed by atoms with E-state index in [4.69, 9.17) is 4.42 Å². The number of hydrogen-bond acceptors (Lipinski definition) is 3. The molecule has 0 aromatic carbocycles. The van der Waals surface area contributed by atoms with Crippen molar-refractivity contribution in [1.82, 2.24) is 0 Å². The third kappa shape index (κ3) is 5.15. The van der Waals surface area contributed by atoms with Gasteiger partial charge in [-0.15, -0.1) is 0 Å². The first-order chi connectivity index (χ1) is 12.2. The lowest BCUT2D eigenvalue weighted by Gasteiger charge is -2.00.